The summed E-state index contributed by atoms with van der Waals surface area (Å²) >= 11 is 6.05. The average Bonchev–Trinajstić information content (AvgIpc) is 3.15. The van der Waals surface area contributed by atoms with Gasteiger partial charge in [-0.25, -0.2) is 0 Å². The maximum atomic E-state index is 12.4. The summed E-state index contributed by atoms with van der Waals surface area (Å²) in [5, 5.41) is 6.06. The van der Waals surface area contributed by atoms with Crippen LogP contribution in [0.3, 0.4) is 0 Å². The molecule has 1 aliphatic rings. The van der Waals surface area contributed by atoms with Gasteiger partial charge in [0.05, 0.1) is 16.8 Å². The molecule has 1 atom stereocenters. The highest BCUT2D eigenvalue weighted by molar-refractivity contribution is 6.33. The number of nitrogens with one attached hydrogen (secondary N) is 2. The monoisotopic (exact) mass is 358 g/mol. The molecule has 0 spiro atoms. The van der Waals surface area contributed by atoms with Gasteiger partial charge in [-0.1, -0.05) is 29.8 Å². The predicted molar refractivity (Wildman–Crippen MR) is 97.2 cm³/mol. The minimum atomic E-state index is -0.318. The van der Waals surface area contributed by atoms with Gasteiger partial charge in [-0.2, -0.15) is 0 Å². The summed E-state index contributed by atoms with van der Waals surface area (Å²) in [6.07, 6.45) is 2.06. The highest BCUT2D eigenvalue weighted by Gasteiger charge is 2.17. The quantitative estimate of drug-likeness (QED) is 0.859. The lowest BCUT2D eigenvalue weighted by Crippen LogP contribution is -2.31. The number of halogens is 1. The van der Waals surface area contributed by atoms with Crippen LogP contribution in [0.2, 0.25) is 5.02 Å². The van der Waals surface area contributed by atoms with Crippen LogP contribution in [-0.4, -0.2) is 31.1 Å². The molecule has 130 valence electrons. The number of anilines is 1. The van der Waals surface area contributed by atoms with Crippen molar-refractivity contribution in [3.8, 4) is 0 Å². The Labute approximate surface area is 151 Å². The largest absolute Gasteiger partial charge is 0.376 e. The first-order valence-electron chi connectivity index (χ1n) is 8.19. The van der Waals surface area contributed by atoms with E-state index in [-0.39, 0.29) is 17.9 Å². The van der Waals surface area contributed by atoms with Gasteiger partial charge in [0.2, 0.25) is 0 Å². The summed E-state index contributed by atoms with van der Waals surface area (Å²) in [6.45, 7) is 1.23. The van der Waals surface area contributed by atoms with Crippen LogP contribution >= 0.6 is 11.6 Å². The van der Waals surface area contributed by atoms with Gasteiger partial charge in [-0.05, 0) is 43.2 Å². The number of carbonyl (C=O) groups is 2. The molecule has 1 fully saturated rings. The molecular formula is C19H19ClN2O3. The molecule has 0 radical (unpaired) electrons. The zero-order chi connectivity index (χ0) is 17.6. The average molecular weight is 359 g/mol. The summed E-state index contributed by atoms with van der Waals surface area (Å²) in [4.78, 5) is 24.7. The first-order valence-corrected chi connectivity index (χ1v) is 8.57. The lowest BCUT2D eigenvalue weighted by molar-refractivity contribution is 0.0858. The van der Waals surface area contributed by atoms with E-state index in [1.54, 1.807) is 48.5 Å². The Morgan fingerprint density at radius 1 is 1.08 bits per heavy atom. The standard InChI is InChI=1S/C19H19ClN2O3/c20-16-8-1-2-9-17(16)22-19(24)14-6-3-5-13(11-14)18(23)21-12-15-7-4-10-25-15/h1-3,5-6,8-9,11,15H,4,7,10,12H2,(H,21,23)(H,22,24). The van der Waals surface area contributed by atoms with Crippen LogP contribution in [0.5, 0.6) is 0 Å². The van der Waals surface area contributed by atoms with Crippen molar-refractivity contribution < 1.29 is 14.3 Å². The summed E-state index contributed by atoms with van der Waals surface area (Å²) in [5.74, 6) is -0.537. The Balaban J connectivity index is 1.64. The van der Waals surface area contributed by atoms with Gasteiger partial charge in [-0.3, -0.25) is 9.59 Å². The van der Waals surface area contributed by atoms with Gasteiger partial charge in [-0.15, -0.1) is 0 Å². The number of amides is 2. The molecule has 2 amide bonds. The molecule has 1 unspecified atom stereocenters. The van der Waals surface area contributed by atoms with Gasteiger partial charge < -0.3 is 15.4 Å². The summed E-state index contributed by atoms with van der Waals surface area (Å²) < 4.78 is 5.49. The number of hydrogen-bond donors (Lipinski definition) is 2. The highest BCUT2D eigenvalue weighted by atomic mass is 35.5. The third-order valence-corrected chi connectivity index (χ3v) is 4.35. The summed E-state index contributed by atoms with van der Waals surface area (Å²) in [6, 6.07) is 13.6. The fraction of sp³-hybridized carbons (Fsp3) is 0.263. The van der Waals surface area contributed by atoms with E-state index in [2.05, 4.69) is 10.6 Å². The van der Waals surface area contributed by atoms with Crippen molar-refractivity contribution in [2.24, 2.45) is 0 Å². The zero-order valence-corrected chi connectivity index (χ0v) is 14.4. The molecule has 0 aromatic heterocycles. The van der Waals surface area contributed by atoms with Crippen LogP contribution in [0.4, 0.5) is 5.69 Å². The van der Waals surface area contributed by atoms with E-state index in [0.717, 1.165) is 19.4 Å². The van der Waals surface area contributed by atoms with Crippen LogP contribution < -0.4 is 10.6 Å². The van der Waals surface area contributed by atoms with Gasteiger partial charge in [0.15, 0.2) is 0 Å². The third kappa shape index (κ3) is 4.59. The first-order chi connectivity index (χ1) is 12.1. The lowest BCUT2D eigenvalue weighted by atomic mass is 10.1. The van der Waals surface area contributed by atoms with Crippen molar-refractivity contribution in [2.75, 3.05) is 18.5 Å². The van der Waals surface area contributed by atoms with Crippen molar-refractivity contribution in [1.82, 2.24) is 5.32 Å². The van der Waals surface area contributed by atoms with Gasteiger partial charge in [0, 0.05) is 24.3 Å². The van der Waals surface area contributed by atoms with E-state index in [1.807, 2.05) is 0 Å². The second-order valence-corrected chi connectivity index (χ2v) is 6.27. The van der Waals surface area contributed by atoms with Crippen molar-refractivity contribution in [1.29, 1.82) is 0 Å². The number of rotatable bonds is 5. The van der Waals surface area contributed by atoms with E-state index >= 15 is 0 Å². The molecule has 1 saturated heterocycles. The summed E-state index contributed by atoms with van der Waals surface area (Å²) in [5.41, 5.74) is 1.36. The lowest BCUT2D eigenvalue weighted by Gasteiger charge is -2.11. The Morgan fingerprint density at radius 3 is 2.56 bits per heavy atom. The summed E-state index contributed by atoms with van der Waals surface area (Å²) in [7, 11) is 0. The molecule has 2 aromatic rings. The maximum Gasteiger partial charge on any atom is 0.255 e. The third-order valence-electron chi connectivity index (χ3n) is 4.02. The second-order valence-electron chi connectivity index (χ2n) is 5.86. The topological polar surface area (TPSA) is 67.4 Å². The van der Waals surface area contributed by atoms with E-state index in [1.165, 1.54) is 0 Å². The highest BCUT2D eigenvalue weighted by Crippen LogP contribution is 2.21. The number of benzene rings is 2. The molecule has 0 aliphatic carbocycles. The molecule has 5 nitrogen and oxygen atoms in total. The molecule has 2 aromatic carbocycles. The normalized spacial score (nSPS) is 16.4. The molecule has 1 heterocycles. The number of carbonyl (C=O) groups excluding carboxylic acids is 2. The second kappa shape index (κ2) is 8.14. The van der Waals surface area contributed by atoms with Crippen molar-refractivity contribution in [3.05, 3.63) is 64.7 Å². The molecular weight excluding hydrogens is 340 g/mol. The predicted octanol–water partition coefficient (Wildman–Crippen LogP) is 3.50. The van der Waals surface area contributed by atoms with Crippen LogP contribution in [0, 0.1) is 0 Å². The molecule has 1 aliphatic heterocycles. The van der Waals surface area contributed by atoms with Crippen molar-refractivity contribution in [2.45, 2.75) is 18.9 Å². The Kier molecular flexibility index (Phi) is 5.68. The zero-order valence-electron chi connectivity index (χ0n) is 13.6. The SMILES string of the molecule is O=C(NCC1CCCO1)c1cccc(C(=O)Nc2ccccc2Cl)c1. The van der Waals surface area contributed by atoms with Gasteiger partial charge >= 0.3 is 0 Å². The maximum absolute atomic E-state index is 12.4. The molecule has 2 N–H and O–H groups in total. The van der Waals surface area contributed by atoms with E-state index in [4.69, 9.17) is 16.3 Å². The molecule has 0 saturated carbocycles. The Hall–Kier alpha value is -2.37. The van der Waals surface area contributed by atoms with Crippen LogP contribution in [0.25, 0.3) is 0 Å². The van der Waals surface area contributed by atoms with Gasteiger partial charge in [0.25, 0.3) is 11.8 Å². The Bertz CT molecular complexity index is 773. The van der Waals surface area contributed by atoms with E-state index in [0.29, 0.717) is 28.4 Å². The van der Waals surface area contributed by atoms with Gasteiger partial charge in [0.1, 0.15) is 0 Å². The molecule has 6 heteroatoms. The molecule has 0 bridgehead atoms. The van der Waals surface area contributed by atoms with Crippen molar-refractivity contribution in [3.63, 3.8) is 0 Å². The Morgan fingerprint density at radius 2 is 1.84 bits per heavy atom. The fourth-order valence-corrected chi connectivity index (χ4v) is 2.86. The smallest absolute Gasteiger partial charge is 0.255 e. The van der Waals surface area contributed by atoms with Crippen LogP contribution in [-0.2, 0) is 4.74 Å². The minimum Gasteiger partial charge on any atom is -0.376 e. The van der Waals surface area contributed by atoms with Crippen LogP contribution in [0.15, 0.2) is 48.5 Å². The first kappa shape index (κ1) is 17.5. The number of para-hydroxylation sites is 1. The van der Waals surface area contributed by atoms with Crippen molar-refractivity contribution >= 4 is 29.1 Å². The molecule has 3 rings (SSSR count). The van der Waals surface area contributed by atoms with E-state index < -0.39 is 0 Å². The van der Waals surface area contributed by atoms with E-state index in [9.17, 15) is 9.59 Å². The number of hydrogen-bond acceptors (Lipinski definition) is 3. The minimum absolute atomic E-state index is 0.0793. The molecule has 25 heavy (non-hydrogen) atoms. The fourth-order valence-electron chi connectivity index (χ4n) is 2.67. The van der Waals surface area contributed by atoms with Crippen LogP contribution in [0.1, 0.15) is 33.6 Å². The number of ether oxygens (including phenoxy) is 1.